The first-order valence-electron chi connectivity index (χ1n) is 29.5. The van der Waals surface area contributed by atoms with Crippen molar-refractivity contribution in [3.63, 3.8) is 0 Å². The molecule has 20 nitrogen and oxygen atoms in total. The molecule has 0 amide bonds. The summed E-state index contributed by atoms with van der Waals surface area (Å²) in [5.41, 5.74) is -7.03. The van der Waals surface area contributed by atoms with E-state index in [9.17, 15) is 45.3 Å². The first kappa shape index (κ1) is 81.0. The SMILES string of the molecule is CC(C)(C)OC(=O)COc1ccc([S+](c2ccc(OCC(=O)OC(C)(C)C)cc2)c2ccc(OCC(=O)OC(C)(C)C)cc2)cc1.COc1ccccc1[S+](c1ccc(OCC(=O)OC(C)(C)C)cc1)c1ccccc1OC.Cc1ccc(S(=O)(=O)[O-])cc1.O=S(=O)([O-])C(F)(F)F. The van der Waals surface area contributed by atoms with Gasteiger partial charge in [0.1, 0.15) is 66.4 Å². The lowest BCUT2D eigenvalue weighted by Gasteiger charge is -2.19. The highest BCUT2D eigenvalue weighted by molar-refractivity contribution is 7.97. The van der Waals surface area contributed by atoms with Gasteiger partial charge in [-0.1, -0.05) is 42.0 Å². The maximum Gasteiger partial charge on any atom is 0.485 e. The fourth-order valence-electron chi connectivity index (χ4n) is 7.80. The first-order chi connectivity index (χ1) is 44.9. The van der Waals surface area contributed by atoms with E-state index in [4.69, 9.17) is 60.3 Å². The molecule has 0 spiro atoms. The number of alkyl halides is 3. The number of rotatable bonds is 21. The quantitative estimate of drug-likeness (QED) is 0.0212. The number of carbonyl (C=O) groups is 4. The summed E-state index contributed by atoms with van der Waals surface area (Å²) in [6, 6.07) is 52.1. The standard InChI is InChI=1S/C36H45O9S.C26H29O5S.C7H8O3S.CHF3O3S/c1-34(2,3)43-31(37)22-40-25-10-16-28(17-11-25)46(29-18-12-26(13-19-29)41-23-32(38)44-35(4,5)6)30-20-14-27(15-21-30)42-24-33(39)45-36(7,8)9;1-26(2,3)31-25(27)18-30-19-14-16-20(17-15-19)32(23-12-8-6-10-21(23)28-4)24-13-9-7-11-22(24)29-5;1-6-2-4-7(5-3-6)11(8,9)10;2-1(3,4)8(5,6)7/h10-21H,22-24H2,1-9H3;6-17H,18H2,1-5H3;2-5H,1H3,(H,8,9,10);(H,5,6,7)/q2*+1;;/p-2. The molecule has 0 bridgehead atoms. The Bertz CT molecular complexity index is 3670. The van der Waals surface area contributed by atoms with Crippen LogP contribution in [0.25, 0.3) is 0 Å². The van der Waals surface area contributed by atoms with Crippen LogP contribution in [0.2, 0.25) is 0 Å². The zero-order valence-corrected chi connectivity index (χ0v) is 59.7. The van der Waals surface area contributed by atoms with E-state index in [1.54, 1.807) is 88.7 Å². The Hall–Kier alpha value is -8.47. The number of benzene rings is 7. The van der Waals surface area contributed by atoms with Crippen molar-refractivity contribution in [2.24, 2.45) is 0 Å². The molecule has 0 fully saturated rings. The van der Waals surface area contributed by atoms with Crippen LogP contribution in [0.4, 0.5) is 13.2 Å². The van der Waals surface area contributed by atoms with Crippen LogP contribution < -0.4 is 28.4 Å². The van der Waals surface area contributed by atoms with Crippen LogP contribution in [-0.2, 0) is 80.2 Å². The monoisotopic (exact) mass is 1430 g/mol. The summed E-state index contributed by atoms with van der Waals surface area (Å²) in [6.07, 6.45) is 0. The minimum Gasteiger partial charge on any atom is -0.744 e. The number of hydrogen-bond acceptors (Lipinski definition) is 20. The second kappa shape index (κ2) is 35.7. The van der Waals surface area contributed by atoms with Crippen LogP contribution in [0.5, 0.6) is 34.5 Å². The Morgan fingerprint density at radius 3 is 0.835 bits per heavy atom. The van der Waals surface area contributed by atoms with Gasteiger partial charge >= 0.3 is 29.4 Å². The van der Waals surface area contributed by atoms with Gasteiger partial charge in [0, 0.05) is 0 Å². The van der Waals surface area contributed by atoms with Gasteiger partial charge in [0.15, 0.2) is 67.6 Å². The smallest absolute Gasteiger partial charge is 0.485 e. The normalized spacial score (nSPS) is 11.8. The van der Waals surface area contributed by atoms with Gasteiger partial charge in [0.05, 0.1) is 30.0 Å². The molecule has 7 aromatic rings. The molecule has 0 saturated carbocycles. The van der Waals surface area contributed by atoms with Gasteiger partial charge in [-0.15, -0.1) is 0 Å². The van der Waals surface area contributed by atoms with Crippen molar-refractivity contribution in [1.29, 1.82) is 0 Å². The fraction of sp³-hybridized carbons (Fsp3) is 0.343. The van der Waals surface area contributed by atoms with Gasteiger partial charge in [-0.2, -0.15) is 13.2 Å². The van der Waals surface area contributed by atoms with Gasteiger partial charge < -0.3 is 56.5 Å². The maximum absolute atomic E-state index is 12.1. The number of hydrogen-bond donors (Lipinski definition) is 0. The van der Waals surface area contributed by atoms with Crippen LogP contribution in [0.3, 0.4) is 0 Å². The number of aryl methyl sites for hydroxylation is 1. The summed E-state index contributed by atoms with van der Waals surface area (Å²) in [5.74, 6) is 2.10. The fourth-order valence-corrected chi connectivity index (χ4v) is 12.6. The molecule has 0 aliphatic rings. The number of para-hydroxylation sites is 2. The van der Waals surface area contributed by atoms with Crippen molar-refractivity contribution in [2.75, 3.05) is 40.6 Å². The summed E-state index contributed by atoms with van der Waals surface area (Å²) < 4.78 is 145. The third kappa shape index (κ3) is 29.8. The average molecular weight is 1430 g/mol. The van der Waals surface area contributed by atoms with Crippen molar-refractivity contribution >= 4 is 65.9 Å². The molecule has 0 aromatic heterocycles. The molecule has 0 radical (unpaired) electrons. The Kier molecular flexibility index (Phi) is 29.8. The predicted octanol–water partition coefficient (Wildman–Crippen LogP) is 13.4. The molecule has 0 N–H and O–H groups in total. The Morgan fingerprint density at radius 2 is 0.619 bits per heavy atom. The molecular formula is C70H81F3O20S4. The highest BCUT2D eigenvalue weighted by atomic mass is 32.2. The van der Waals surface area contributed by atoms with Crippen molar-refractivity contribution in [2.45, 2.75) is 152 Å². The van der Waals surface area contributed by atoms with Crippen molar-refractivity contribution in [1.82, 2.24) is 0 Å². The summed E-state index contributed by atoms with van der Waals surface area (Å²) in [7, 11) is -8.03. The van der Waals surface area contributed by atoms with E-state index < -0.39 is 93.8 Å². The van der Waals surface area contributed by atoms with Crippen LogP contribution >= 0.6 is 0 Å². The largest absolute Gasteiger partial charge is 0.744 e. The van der Waals surface area contributed by atoms with Crippen LogP contribution in [-0.4, -0.2) is 118 Å². The molecule has 97 heavy (non-hydrogen) atoms. The lowest BCUT2D eigenvalue weighted by Crippen LogP contribution is -2.27. The third-order valence-electron chi connectivity index (χ3n) is 11.5. The predicted molar refractivity (Wildman–Crippen MR) is 356 cm³/mol. The molecule has 0 atom stereocenters. The average Bonchev–Trinajstić information content (AvgIpc) is 0.824. The molecule has 0 saturated heterocycles. The van der Waals surface area contributed by atoms with Gasteiger partial charge in [0.2, 0.25) is 9.79 Å². The molecule has 0 unspecified atom stereocenters. The topological polar surface area (TPSA) is 275 Å². The van der Waals surface area contributed by atoms with Crippen molar-refractivity contribution < 1.29 is 106 Å². The second-order valence-corrected chi connectivity index (χ2v) is 31.2. The summed E-state index contributed by atoms with van der Waals surface area (Å²) in [5, 5.41) is 0. The van der Waals surface area contributed by atoms with Gasteiger partial charge in [-0.25, -0.2) is 36.0 Å². The van der Waals surface area contributed by atoms with Gasteiger partial charge in [-0.05, 0) is 223 Å². The molecule has 526 valence electrons. The van der Waals surface area contributed by atoms with Gasteiger partial charge in [0.25, 0.3) is 0 Å². The van der Waals surface area contributed by atoms with E-state index in [-0.39, 0.29) is 31.3 Å². The zero-order chi connectivity index (χ0) is 72.7. The van der Waals surface area contributed by atoms with Crippen molar-refractivity contribution in [3.8, 4) is 34.5 Å². The molecule has 7 aromatic carbocycles. The molecule has 7 rings (SSSR count). The summed E-state index contributed by atoms with van der Waals surface area (Å²) in [4.78, 5) is 54.3. The number of halogens is 3. The maximum atomic E-state index is 12.1. The molecule has 0 aliphatic carbocycles. The summed E-state index contributed by atoms with van der Waals surface area (Å²) in [6.45, 7) is 22.8. The van der Waals surface area contributed by atoms with E-state index >= 15 is 0 Å². The molecule has 27 heteroatoms. The van der Waals surface area contributed by atoms with E-state index in [0.29, 0.717) is 23.0 Å². The van der Waals surface area contributed by atoms with Crippen LogP contribution in [0.15, 0.2) is 204 Å². The Labute approximate surface area is 571 Å². The van der Waals surface area contributed by atoms with Crippen molar-refractivity contribution in [3.05, 3.63) is 175 Å². The van der Waals surface area contributed by atoms with E-state index in [1.165, 1.54) is 12.1 Å². The molecular weight excluding hydrogens is 1350 g/mol. The lowest BCUT2D eigenvalue weighted by atomic mass is 10.2. The second-order valence-electron chi connectivity index (χ2n) is 24.5. The minimum atomic E-state index is -6.09. The van der Waals surface area contributed by atoms with Crippen LogP contribution in [0, 0.1) is 6.92 Å². The summed E-state index contributed by atoms with van der Waals surface area (Å²) >= 11 is 0. The van der Waals surface area contributed by atoms with E-state index in [1.807, 2.05) is 161 Å². The van der Waals surface area contributed by atoms with E-state index in [2.05, 4.69) is 12.1 Å². The third-order valence-corrected chi connectivity index (χ3v) is 17.5. The zero-order valence-electron chi connectivity index (χ0n) is 56.4. The van der Waals surface area contributed by atoms with Crippen LogP contribution in [0.1, 0.15) is 88.6 Å². The Balaban J connectivity index is 0.000000334. The highest BCUT2D eigenvalue weighted by Gasteiger charge is 2.38. The number of carbonyl (C=O) groups excluding carboxylic acids is 4. The highest BCUT2D eigenvalue weighted by Crippen LogP contribution is 2.41. The number of methoxy groups -OCH3 is 2. The minimum absolute atomic E-state index is 0.138. The first-order valence-corrected chi connectivity index (χ1v) is 34.8. The lowest BCUT2D eigenvalue weighted by molar-refractivity contribution is -0.158. The Morgan fingerprint density at radius 1 is 0.381 bits per heavy atom. The molecule has 0 aliphatic heterocycles. The van der Waals surface area contributed by atoms with E-state index in [0.717, 1.165) is 46.4 Å². The van der Waals surface area contributed by atoms with Gasteiger partial charge in [-0.3, -0.25) is 0 Å². The molecule has 0 heterocycles. The number of ether oxygens (including phenoxy) is 10. The number of esters is 4.